The number of nitrogens with one attached hydrogen (secondary N) is 3. The number of carbonyl (C=O) groups excluding carboxylic acids is 3. The molecule has 0 heterocycles. The summed E-state index contributed by atoms with van der Waals surface area (Å²) < 4.78 is 11.0. The Morgan fingerprint density at radius 3 is 2.31 bits per heavy atom. The van der Waals surface area contributed by atoms with Crippen LogP contribution in [0.3, 0.4) is 0 Å². The first-order valence-corrected chi connectivity index (χ1v) is 11.4. The van der Waals surface area contributed by atoms with Crippen molar-refractivity contribution in [2.75, 3.05) is 18.5 Å². The van der Waals surface area contributed by atoms with Gasteiger partial charge in [-0.25, -0.2) is 5.43 Å². The Morgan fingerprint density at radius 2 is 1.58 bits per heavy atom. The maximum absolute atomic E-state index is 12.2. The zero-order chi connectivity index (χ0) is 25.8. The maximum atomic E-state index is 12.2. The molecular weight excluding hydrogens is 460 g/mol. The first kappa shape index (κ1) is 26.0. The van der Waals surface area contributed by atoms with Gasteiger partial charge in [-0.05, 0) is 61.4 Å². The molecule has 0 aliphatic rings. The summed E-state index contributed by atoms with van der Waals surface area (Å²) in [5, 5.41) is 9.19. The molecule has 3 N–H and O–H groups in total. The van der Waals surface area contributed by atoms with Gasteiger partial charge in [-0.1, -0.05) is 42.5 Å². The number of ether oxygens (including phenoxy) is 2. The van der Waals surface area contributed by atoms with Crippen LogP contribution >= 0.6 is 0 Å². The normalized spacial score (nSPS) is 11.4. The highest BCUT2D eigenvalue weighted by molar-refractivity contribution is 6.39. The van der Waals surface area contributed by atoms with Crippen LogP contribution in [0.2, 0.25) is 0 Å². The van der Waals surface area contributed by atoms with E-state index >= 15 is 0 Å². The van der Waals surface area contributed by atoms with Crippen LogP contribution in [0.15, 0.2) is 84.0 Å². The number of anilines is 1. The minimum atomic E-state index is -0.923. The number of benzene rings is 3. The van der Waals surface area contributed by atoms with Crippen LogP contribution in [-0.4, -0.2) is 37.1 Å². The molecule has 3 amide bonds. The minimum absolute atomic E-state index is 0.123. The van der Waals surface area contributed by atoms with Gasteiger partial charge in [-0.15, -0.1) is 0 Å². The van der Waals surface area contributed by atoms with Gasteiger partial charge in [0, 0.05) is 0 Å². The van der Waals surface area contributed by atoms with Gasteiger partial charge >= 0.3 is 11.8 Å². The molecule has 3 aromatic carbocycles. The molecule has 0 unspecified atom stereocenters. The first-order valence-electron chi connectivity index (χ1n) is 11.4. The Labute approximate surface area is 209 Å². The standard InChI is InChI=1S/C27H28N4O5/c1-3-35-24-12-8-7-11-23(24)30-26(33)27(34)31-28-17-20-13-15-22(16-14-20)36-18-25(32)29-19(2)21-9-5-4-6-10-21/h4-17,19H,3,18H2,1-2H3,(H,29,32)(H,30,33)(H,31,34)/b28-17-/t19-/m0/s1. The number of para-hydroxylation sites is 2. The van der Waals surface area contributed by atoms with Gasteiger partial charge in [0.25, 0.3) is 5.91 Å². The summed E-state index contributed by atoms with van der Waals surface area (Å²) in [5.41, 5.74) is 4.24. The van der Waals surface area contributed by atoms with Crippen molar-refractivity contribution in [3.8, 4) is 11.5 Å². The van der Waals surface area contributed by atoms with E-state index in [9.17, 15) is 14.4 Å². The van der Waals surface area contributed by atoms with Crippen molar-refractivity contribution in [1.29, 1.82) is 0 Å². The van der Waals surface area contributed by atoms with Gasteiger partial charge in [-0.2, -0.15) is 5.10 Å². The molecule has 3 rings (SSSR count). The fourth-order valence-electron chi connectivity index (χ4n) is 3.15. The first-order chi connectivity index (χ1) is 17.5. The average molecular weight is 489 g/mol. The van der Waals surface area contributed by atoms with Gasteiger partial charge in [0.2, 0.25) is 0 Å². The molecule has 0 spiro atoms. The van der Waals surface area contributed by atoms with E-state index < -0.39 is 11.8 Å². The molecule has 186 valence electrons. The summed E-state index contributed by atoms with van der Waals surface area (Å²) in [7, 11) is 0. The van der Waals surface area contributed by atoms with Crippen molar-refractivity contribution < 1.29 is 23.9 Å². The number of rotatable bonds is 10. The van der Waals surface area contributed by atoms with Crippen molar-refractivity contribution in [2.24, 2.45) is 5.10 Å². The summed E-state index contributed by atoms with van der Waals surface area (Å²) in [6.45, 7) is 4.03. The number of hydrogen-bond donors (Lipinski definition) is 3. The lowest BCUT2D eigenvalue weighted by Crippen LogP contribution is -2.32. The summed E-state index contributed by atoms with van der Waals surface area (Å²) in [5.74, 6) is -1.06. The Kier molecular flexibility index (Phi) is 9.58. The molecule has 0 fully saturated rings. The van der Waals surface area contributed by atoms with Crippen LogP contribution in [0.4, 0.5) is 5.69 Å². The Bertz CT molecular complexity index is 1200. The fraction of sp³-hybridized carbons (Fsp3) is 0.185. The molecule has 0 radical (unpaired) electrons. The third-order valence-corrected chi connectivity index (χ3v) is 4.95. The van der Waals surface area contributed by atoms with E-state index in [0.29, 0.717) is 29.4 Å². The SMILES string of the molecule is CCOc1ccccc1NC(=O)C(=O)N/N=C\c1ccc(OCC(=O)N[C@@H](C)c2ccccc2)cc1. The number of hydrazone groups is 1. The second-order valence-electron chi connectivity index (χ2n) is 7.64. The topological polar surface area (TPSA) is 118 Å². The van der Waals surface area contributed by atoms with Crippen molar-refractivity contribution in [3.63, 3.8) is 0 Å². The molecule has 9 nitrogen and oxygen atoms in total. The molecule has 0 aromatic heterocycles. The van der Waals surface area contributed by atoms with Crippen molar-refractivity contribution in [2.45, 2.75) is 19.9 Å². The van der Waals surface area contributed by atoms with E-state index in [1.165, 1.54) is 6.21 Å². The largest absolute Gasteiger partial charge is 0.492 e. The summed E-state index contributed by atoms with van der Waals surface area (Å²) in [4.78, 5) is 36.3. The van der Waals surface area contributed by atoms with Gasteiger partial charge in [0.05, 0.1) is 24.6 Å². The van der Waals surface area contributed by atoms with Crippen molar-refractivity contribution in [3.05, 3.63) is 90.0 Å². The lowest BCUT2D eigenvalue weighted by atomic mass is 10.1. The van der Waals surface area contributed by atoms with Crippen LogP contribution < -0.4 is 25.5 Å². The zero-order valence-corrected chi connectivity index (χ0v) is 20.1. The van der Waals surface area contributed by atoms with Gasteiger partial charge < -0.3 is 20.1 Å². The Morgan fingerprint density at radius 1 is 0.889 bits per heavy atom. The molecule has 36 heavy (non-hydrogen) atoms. The predicted octanol–water partition coefficient (Wildman–Crippen LogP) is 3.43. The predicted molar refractivity (Wildman–Crippen MR) is 137 cm³/mol. The summed E-state index contributed by atoms with van der Waals surface area (Å²) >= 11 is 0. The molecule has 3 aromatic rings. The van der Waals surface area contributed by atoms with E-state index in [-0.39, 0.29) is 18.6 Å². The molecule has 9 heteroatoms. The third kappa shape index (κ3) is 7.98. The third-order valence-electron chi connectivity index (χ3n) is 4.95. The van der Waals surface area contributed by atoms with Gasteiger partial charge in [0.15, 0.2) is 6.61 Å². The lowest BCUT2D eigenvalue weighted by Gasteiger charge is -2.14. The molecule has 0 saturated heterocycles. The quantitative estimate of drug-likeness (QED) is 0.230. The molecule has 1 atom stereocenters. The van der Waals surface area contributed by atoms with E-state index in [1.54, 1.807) is 48.5 Å². The smallest absolute Gasteiger partial charge is 0.329 e. The van der Waals surface area contributed by atoms with Crippen molar-refractivity contribution >= 4 is 29.6 Å². The average Bonchev–Trinajstić information content (AvgIpc) is 2.90. The van der Waals surface area contributed by atoms with E-state index in [2.05, 4.69) is 21.2 Å². The maximum Gasteiger partial charge on any atom is 0.329 e. The Hall–Kier alpha value is -4.66. The number of nitrogens with zero attached hydrogens (tertiary/aromatic N) is 1. The highest BCUT2D eigenvalue weighted by atomic mass is 16.5. The lowest BCUT2D eigenvalue weighted by molar-refractivity contribution is -0.136. The van der Waals surface area contributed by atoms with Crippen LogP contribution in [0.5, 0.6) is 11.5 Å². The van der Waals surface area contributed by atoms with E-state index in [0.717, 1.165) is 5.56 Å². The Balaban J connectivity index is 1.43. The van der Waals surface area contributed by atoms with Crippen LogP contribution in [0.1, 0.15) is 31.0 Å². The summed E-state index contributed by atoms with van der Waals surface area (Å²) in [6.07, 6.45) is 1.39. The van der Waals surface area contributed by atoms with E-state index in [4.69, 9.17) is 9.47 Å². The number of carbonyl (C=O) groups is 3. The fourth-order valence-corrected chi connectivity index (χ4v) is 3.15. The van der Waals surface area contributed by atoms with Crippen LogP contribution in [0.25, 0.3) is 0 Å². The van der Waals surface area contributed by atoms with Crippen LogP contribution in [-0.2, 0) is 14.4 Å². The second-order valence-corrected chi connectivity index (χ2v) is 7.64. The summed E-state index contributed by atoms with van der Waals surface area (Å²) in [6, 6.07) is 23.1. The second kappa shape index (κ2) is 13.3. The molecule has 0 bridgehead atoms. The zero-order valence-electron chi connectivity index (χ0n) is 20.1. The number of amides is 3. The van der Waals surface area contributed by atoms with Crippen LogP contribution in [0, 0.1) is 0 Å². The monoisotopic (exact) mass is 488 g/mol. The highest BCUT2D eigenvalue weighted by Gasteiger charge is 2.15. The van der Waals surface area contributed by atoms with E-state index in [1.807, 2.05) is 44.2 Å². The molecule has 0 aliphatic carbocycles. The molecule has 0 saturated carbocycles. The molecule has 0 aliphatic heterocycles. The van der Waals surface area contributed by atoms with Gasteiger partial charge in [0.1, 0.15) is 11.5 Å². The number of hydrogen-bond acceptors (Lipinski definition) is 6. The van der Waals surface area contributed by atoms with Gasteiger partial charge in [-0.3, -0.25) is 14.4 Å². The minimum Gasteiger partial charge on any atom is -0.492 e. The van der Waals surface area contributed by atoms with Crippen molar-refractivity contribution in [1.82, 2.24) is 10.7 Å². The highest BCUT2D eigenvalue weighted by Crippen LogP contribution is 2.23. The molecular formula is C27H28N4O5.